The zero-order valence-corrected chi connectivity index (χ0v) is 14.4. The molecule has 0 spiro atoms. The predicted molar refractivity (Wildman–Crippen MR) is 91.9 cm³/mol. The van der Waals surface area contributed by atoms with Crippen LogP contribution < -0.4 is 0 Å². The second-order valence-corrected chi connectivity index (χ2v) is 6.18. The molecule has 6 heteroatoms. The summed E-state index contributed by atoms with van der Waals surface area (Å²) in [4.78, 5) is 14.0. The minimum atomic E-state index is -0.00740. The highest BCUT2D eigenvalue weighted by Crippen LogP contribution is 2.21. The van der Waals surface area contributed by atoms with E-state index < -0.39 is 0 Å². The Morgan fingerprint density at radius 1 is 1.17 bits per heavy atom. The maximum absolute atomic E-state index is 12.6. The van der Waals surface area contributed by atoms with Crippen LogP contribution in [0.5, 0.6) is 0 Å². The predicted octanol–water partition coefficient (Wildman–Crippen LogP) is 3.22. The molecule has 0 fully saturated rings. The van der Waals surface area contributed by atoms with Gasteiger partial charge in [0.2, 0.25) is 5.82 Å². The fourth-order valence-electron chi connectivity index (χ4n) is 3.08. The second-order valence-electron chi connectivity index (χ2n) is 6.18. The minimum absolute atomic E-state index is 0.00740. The lowest BCUT2D eigenvalue weighted by Crippen LogP contribution is -2.14. The van der Waals surface area contributed by atoms with Crippen LogP contribution in [0.25, 0.3) is 11.4 Å². The molecule has 0 aliphatic heterocycles. The van der Waals surface area contributed by atoms with Gasteiger partial charge in [0.25, 0.3) is 0 Å². The van der Waals surface area contributed by atoms with E-state index in [-0.39, 0.29) is 12.3 Å². The molecule has 3 rings (SSSR count). The smallest absolute Gasteiger partial charge is 0.204 e. The van der Waals surface area contributed by atoms with Crippen LogP contribution in [0.15, 0.2) is 36.4 Å². The lowest BCUT2D eigenvalue weighted by atomic mass is 10.1. The van der Waals surface area contributed by atoms with Crippen LogP contribution in [0.4, 0.5) is 0 Å². The van der Waals surface area contributed by atoms with Gasteiger partial charge in [0.05, 0.1) is 0 Å². The van der Waals surface area contributed by atoms with E-state index in [1.165, 1.54) is 4.80 Å². The van der Waals surface area contributed by atoms with Crippen LogP contribution in [0.2, 0.25) is 0 Å². The maximum atomic E-state index is 12.6. The molecular weight excluding hydrogens is 302 g/mol. The molecule has 3 aromatic rings. The molecule has 0 atom stereocenters. The molecule has 2 heterocycles. The molecule has 0 N–H and O–H groups in total. The van der Waals surface area contributed by atoms with Crippen molar-refractivity contribution in [3.8, 4) is 11.4 Å². The average molecular weight is 323 g/mol. The first kappa shape index (κ1) is 16.1. The third kappa shape index (κ3) is 2.99. The molecular formula is C18H21N5O. The van der Waals surface area contributed by atoms with E-state index in [2.05, 4.69) is 33.8 Å². The number of aryl methyl sites for hydroxylation is 1. The Kier molecular flexibility index (Phi) is 4.29. The third-order valence-electron chi connectivity index (χ3n) is 4.07. The topological polar surface area (TPSA) is 65.6 Å². The molecule has 124 valence electrons. The van der Waals surface area contributed by atoms with E-state index in [0.29, 0.717) is 11.9 Å². The van der Waals surface area contributed by atoms with Gasteiger partial charge in [-0.3, -0.25) is 4.79 Å². The summed E-state index contributed by atoms with van der Waals surface area (Å²) in [5, 5.41) is 12.3. The molecule has 0 aliphatic rings. The van der Waals surface area contributed by atoms with Crippen LogP contribution in [-0.4, -0.2) is 30.6 Å². The number of tetrazole rings is 1. The molecule has 0 unspecified atom stereocenters. The normalized spacial score (nSPS) is 11.2. The van der Waals surface area contributed by atoms with Crippen LogP contribution in [0, 0.1) is 13.8 Å². The van der Waals surface area contributed by atoms with Crippen molar-refractivity contribution >= 4 is 5.78 Å². The number of rotatable bonds is 5. The highest BCUT2D eigenvalue weighted by molar-refractivity contribution is 5.97. The quantitative estimate of drug-likeness (QED) is 0.676. The molecule has 0 bridgehead atoms. The van der Waals surface area contributed by atoms with Gasteiger partial charge in [-0.05, 0) is 39.0 Å². The summed E-state index contributed by atoms with van der Waals surface area (Å²) in [5.41, 5.74) is 3.67. The molecule has 0 saturated heterocycles. The summed E-state index contributed by atoms with van der Waals surface area (Å²) in [6.45, 7) is 8.30. The lowest BCUT2D eigenvalue weighted by molar-refractivity contribution is 0.0960. The number of benzene rings is 1. The Hall–Kier alpha value is -2.76. The van der Waals surface area contributed by atoms with Gasteiger partial charge in [0.15, 0.2) is 5.78 Å². The van der Waals surface area contributed by atoms with Crippen LogP contribution in [0.3, 0.4) is 0 Å². The van der Waals surface area contributed by atoms with Crippen LogP contribution >= 0.6 is 0 Å². The van der Waals surface area contributed by atoms with Crippen molar-refractivity contribution in [3.05, 3.63) is 53.3 Å². The van der Waals surface area contributed by atoms with Gasteiger partial charge in [-0.2, -0.15) is 4.80 Å². The SMILES string of the molecule is Cc1cc(C(=O)Cn2nnc(-c3ccccc3)n2)c(C)n1C(C)C. The van der Waals surface area contributed by atoms with Crippen molar-refractivity contribution in [1.29, 1.82) is 0 Å². The number of nitrogens with zero attached hydrogens (tertiary/aromatic N) is 5. The minimum Gasteiger partial charge on any atom is -0.346 e. The van der Waals surface area contributed by atoms with Gasteiger partial charge in [-0.1, -0.05) is 30.3 Å². The zero-order valence-electron chi connectivity index (χ0n) is 14.4. The molecule has 0 saturated carbocycles. The summed E-state index contributed by atoms with van der Waals surface area (Å²) in [5.74, 6) is 0.517. The van der Waals surface area contributed by atoms with Gasteiger partial charge in [-0.15, -0.1) is 10.2 Å². The third-order valence-corrected chi connectivity index (χ3v) is 4.07. The zero-order chi connectivity index (χ0) is 17.3. The Labute approximate surface area is 141 Å². The fraction of sp³-hybridized carbons (Fsp3) is 0.333. The highest BCUT2D eigenvalue weighted by atomic mass is 16.1. The first-order valence-electron chi connectivity index (χ1n) is 8.02. The number of carbonyl (C=O) groups excluding carboxylic acids is 1. The average Bonchev–Trinajstić information content (AvgIpc) is 3.12. The van der Waals surface area contributed by atoms with Crippen molar-refractivity contribution < 1.29 is 4.79 Å². The van der Waals surface area contributed by atoms with Gasteiger partial charge in [0.1, 0.15) is 6.54 Å². The summed E-state index contributed by atoms with van der Waals surface area (Å²) in [6, 6.07) is 11.9. The summed E-state index contributed by atoms with van der Waals surface area (Å²) in [7, 11) is 0. The summed E-state index contributed by atoms with van der Waals surface area (Å²) in [6.07, 6.45) is 0. The standard InChI is InChI=1S/C18H21N5O/c1-12(2)23-13(3)10-16(14(23)4)17(24)11-22-20-18(19-21-22)15-8-6-5-7-9-15/h5-10,12H,11H2,1-4H3. The molecule has 1 aromatic carbocycles. The van der Waals surface area contributed by atoms with Gasteiger partial charge < -0.3 is 4.57 Å². The molecule has 0 aliphatic carbocycles. The van der Waals surface area contributed by atoms with Crippen molar-refractivity contribution in [2.24, 2.45) is 0 Å². The van der Waals surface area contributed by atoms with Crippen molar-refractivity contribution in [2.45, 2.75) is 40.3 Å². The monoisotopic (exact) mass is 323 g/mol. The van der Waals surface area contributed by atoms with Gasteiger partial charge in [0, 0.05) is 28.6 Å². The van der Waals surface area contributed by atoms with E-state index in [1.807, 2.05) is 50.2 Å². The maximum Gasteiger partial charge on any atom is 0.204 e. The second kappa shape index (κ2) is 6.39. The van der Waals surface area contributed by atoms with E-state index in [0.717, 1.165) is 22.5 Å². The molecule has 6 nitrogen and oxygen atoms in total. The number of carbonyl (C=O) groups is 1. The number of hydrogen-bond donors (Lipinski definition) is 0. The molecule has 0 amide bonds. The highest BCUT2D eigenvalue weighted by Gasteiger charge is 2.18. The van der Waals surface area contributed by atoms with Crippen molar-refractivity contribution in [3.63, 3.8) is 0 Å². The molecule has 24 heavy (non-hydrogen) atoms. The number of aromatic nitrogens is 5. The first-order chi connectivity index (χ1) is 11.5. The Bertz CT molecular complexity index is 861. The molecule has 2 aromatic heterocycles. The number of hydrogen-bond acceptors (Lipinski definition) is 4. The largest absolute Gasteiger partial charge is 0.346 e. The van der Waals surface area contributed by atoms with E-state index >= 15 is 0 Å². The lowest BCUT2D eigenvalue weighted by Gasteiger charge is -2.13. The van der Waals surface area contributed by atoms with E-state index in [9.17, 15) is 4.79 Å². The number of Topliss-reactive ketones (excluding diaryl/α,β-unsaturated/α-hetero) is 1. The van der Waals surface area contributed by atoms with Crippen molar-refractivity contribution in [2.75, 3.05) is 0 Å². The van der Waals surface area contributed by atoms with Crippen molar-refractivity contribution in [1.82, 2.24) is 24.8 Å². The fourth-order valence-corrected chi connectivity index (χ4v) is 3.08. The summed E-state index contributed by atoms with van der Waals surface area (Å²) >= 11 is 0. The van der Waals surface area contributed by atoms with Gasteiger partial charge in [-0.25, -0.2) is 0 Å². The molecule has 0 radical (unpaired) electrons. The number of ketones is 1. The van der Waals surface area contributed by atoms with E-state index in [4.69, 9.17) is 0 Å². The van der Waals surface area contributed by atoms with Crippen LogP contribution in [0.1, 0.15) is 41.6 Å². The first-order valence-corrected chi connectivity index (χ1v) is 8.02. The summed E-state index contributed by atoms with van der Waals surface area (Å²) < 4.78 is 2.16. The Balaban J connectivity index is 1.81. The van der Waals surface area contributed by atoms with E-state index in [1.54, 1.807) is 0 Å². The van der Waals surface area contributed by atoms with Crippen LogP contribution in [-0.2, 0) is 6.54 Å². The van der Waals surface area contributed by atoms with Gasteiger partial charge >= 0.3 is 0 Å². The Morgan fingerprint density at radius 3 is 2.50 bits per heavy atom. The Morgan fingerprint density at radius 2 is 1.88 bits per heavy atom.